The summed E-state index contributed by atoms with van der Waals surface area (Å²) in [5.74, 6) is 0.554. The van der Waals surface area contributed by atoms with Crippen molar-refractivity contribution in [3.8, 4) is 5.69 Å². The fourth-order valence-electron chi connectivity index (χ4n) is 2.45. The molecule has 7 nitrogen and oxygen atoms in total. The van der Waals surface area contributed by atoms with Gasteiger partial charge in [0.2, 0.25) is 5.16 Å². The van der Waals surface area contributed by atoms with Crippen LogP contribution in [0.4, 0.5) is 5.69 Å². The van der Waals surface area contributed by atoms with E-state index in [9.17, 15) is 10.1 Å². The normalized spacial score (nSPS) is 10.8. The van der Waals surface area contributed by atoms with Crippen molar-refractivity contribution in [3.05, 3.63) is 68.8 Å². The first-order valence-corrected chi connectivity index (χ1v) is 8.67. The molecule has 0 saturated heterocycles. The summed E-state index contributed by atoms with van der Waals surface area (Å²) in [5.41, 5.74) is 4.97. The van der Waals surface area contributed by atoms with Crippen molar-refractivity contribution in [2.45, 2.75) is 31.7 Å². The maximum absolute atomic E-state index is 11.1. The lowest BCUT2D eigenvalue weighted by Gasteiger charge is -2.08. The molecule has 8 heteroatoms. The van der Waals surface area contributed by atoms with E-state index in [1.165, 1.54) is 29.0 Å². The zero-order valence-electron chi connectivity index (χ0n) is 14.1. The standard InChI is InChI=1S/C17H17N5O2S/c1-11-7-8-15(9-12(11)2)21-17(18-19-20-21)25-10-14-5-4-6-16(13(14)3)22(23)24/h4-9H,10H2,1-3H3. The molecule has 0 aliphatic rings. The van der Waals surface area contributed by atoms with Gasteiger partial charge in [-0.25, -0.2) is 0 Å². The van der Waals surface area contributed by atoms with Gasteiger partial charge in [0, 0.05) is 17.4 Å². The second-order valence-corrected chi connectivity index (χ2v) is 6.69. The molecule has 0 N–H and O–H groups in total. The highest BCUT2D eigenvalue weighted by Gasteiger charge is 2.15. The van der Waals surface area contributed by atoms with Crippen LogP contribution in [0, 0.1) is 30.9 Å². The van der Waals surface area contributed by atoms with Crippen molar-refractivity contribution >= 4 is 17.4 Å². The molecule has 0 atom stereocenters. The van der Waals surface area contributed by atoms with Gasteiger partial charge in [-0.05, 0) is 60.0 Å². The summed E-state index contributed by atoms with van der Waals surface area (Å²) in [5, 5.41) is 23.6. The van der Waals surface area contributed by atoms with Crippen LogP contribution < -0.4 is 0 Å². The lowest BCUT2D eigenvalue weighted by molar-refractivity contribution is -0.385. The van der Waals surface area contributed by atoms with Gasteiger partial charge in [0.25, 0.3) is 5.69 Å². The summed E-state index contributed by atoms with van der Waals surface area (Å²) in [6.07, 6.45) is 0. The van der Waals surface area contributed by atoms with E-state index in [4.69, 9.17) is 0 Å². The van der Waals surface area contributed by atoms with Gasteiger partial charge >= 0.3 is 0 Å². The van der Waals surface area contributed by atoms with E-state index < -0.39 is 0 Å². The lowest BCUT2D eigenvalue weighted by atomic mass is 10.1. The Bertz CT molecular complexity index is 939. The first-order valence-electron chi connectivity index (χ1n) is 7.69. The number of hydrogen-bond donors (Lipinski definition) is 0. The van der Waals surface area contributed by atoms with E-state index in [1.807, 2.05) is 31.2 Å². The Kier molecular flexibility index (Phi) is 4.80. The third-order valence-electron chi connectivity index (χ3n) is 4.15. The van der Waals surface area contributed by atoms with Crippen molar-refractivity contribution in [2.24, 2.45) is 0 Å². The van der Waals surface area contributed by atoms with Crippen molar-refractivity contribution in [1.82, 2.24) is 20.2 Å². The predicted octanol–water partition coefficient (Wildman–Crippen LogP) is 3.79. The van der Waals surface area contributed by atoms with Crippen LogP contribution in [0.2, 0.25) is 0 Å². The molecule has 1 heterocycles. The summed E-state index contributed by atoms with van der Waals surface area (Å²) in [7, 11) is 0. The SMILES string of the molecule is Cc1ccc(-n2nnnc2SCc2cccc([N+](=O)[O-])c2C)cc1C. The van der Waals surface area contributed by atoms with Gasteiger partial charge in [-0.1, -0.05) is 30.0 Å². The van der Waals surface area contributed by atoms with E-state index in [0.29, 0.717) is 16.5 Å². The molecule has 3 aromatic rings. The summed E-state index contributed by atoms with van der Waals surface area (Å²) < 4.78 is 1.68. The van der Waals surface area contributed by atoms with Gasteiger partial charge in [-0.15, -0.1) is 5.10 Å². The number of rotatable bonds is 5. The first-order chi connectivity index (χ1) is 12.0. The van der Waals surface area contributed by atoms with Gasteiger partial charge in [-0.3, -0.25) is 10.1 Å². The topological polar surface area (TPSA) is 86.7 Å². The fourth-order valence-corrected chi connectivity index (χ4v) is 3.41. The number of nitro groups is 1. The number of benzene rings is 2. The number of aromatic nitrogens is 4. The van der Waals surface area contributed by atoms with Gasteiger partial charge in [0.1, 0.15) is 0 Å². The molecule has 0 bridgehead atoms. The number of tetrazole rings is 1. The smallest absolute Gasteiger partial charge is 0.258 e. The van der Waals surface area contributed by atoms with E-state index in [1.54, 1.807) is 17.7 Å². The van der Waals surface area contributed by atoms with E-state index >= 15 is 0 Å². The molecule has 2 aromatic carbocycles. The van der Waals surface area contributed by atoms with Crippen LogP contribution in [0.3, 0.4) is 0 Å². The minimum atomic E-state index is -0.358. The molecule has 0 saturated carbocycles. The minimum Gasteiger partial charge on any atom is -0.258 e. The Balaban J connectivity index is 1.84. The molecule has 0 amide bonds. The van der Waals surface area contributed by atoms with Crippen molar-refractivity contribution in [2.75, 3.05) is 0 Å². The predicted molar refractivity (Wildman–Crippen MR) is 96.0 cm³/mol. The molecule has 0 radical (unpaired) electrons. The summed E-state index contributed by atoms with van der Waals surface area (Å²) in [6, 6.07) is 11.1. The van der Waals surface area contributed by atoms with Crippen LogP contribution in [0.1, 0.15) is 22.3 Å². The highest BCUT2D eigenvalue weighted by Crippen LogP contribution is 2.28. The first kappa shape index (κ1) is 17.1. The van der Waals surface area contributed by atoms with Gasteiger partial charge in [-0.2, -0.15) is 4.68 Å². The third-order valence-corrected chi connectivity index (χ3v) is 5.11. The molecule has 0 spiro atoms. The van der Waals surface area contributed by atoms with E-state index in [-0.39, 0.29) is 10.6 Å². The lowest BCUT2D eigenvalue weighted by Crippen LogP contribution is -2.01. The van der Waals surface area contributed by atoms with Crippen LogP contribution >= 0.6 is 11.8 Å². The summed E-state index contributed by atoms with van der Waals surface area (Å²) in [4.78, 5) is 10.7. The van der Waals surface area contributed by atoms with E-state index in [2.05, 4.69) is 22.4 Å². The Hall–Kier alpha value is -2.74. The average molecular weight is 355 g/mol. The molecule has 0 fully saturated rings. The minimum absolute atomic E-state index is 0.131. The Morgan fingerprint density at radius 1 is 1.16 bits per heavy atom. The number of nitrogens with zero attached hydrogens (tertiary/aromatic N) is 5. The fraction of sp³-hybridized carbons (Fsp3) is 0.235. The number of hydrogen-bond acceptors (Lipinski definition) is 6. The second kappa shape index (κ2) is 7.02. The Morgan fingerprint density at radius 2 is 1.96 bits per heavy atom. The summed E-state index contributed by atoms with van der Waals surface area (Å²) >= 11 is 1.45. The third kappa shape index (κ3) is 3.53. The number of thioether (sulfide) groups is 1. The zero-order chi connectivity index (χ0) is 18.0. The van der Waals surface area contributed by atoms with Crippen molar-refractivity contribution < 1.29 is 4.92 Å². The average Bonchev–Trinajstić information content (AvgIpc) is 3.04. The molecule has 1 aromatic heterocycles. The van der Waals surface area contributed by atoms with Crippen LogP contribution in [-0.4, -0.2) is 25.1 Å². The Morgan fingerprint density at radius 3 is 2.68 bits per heavy atom. The molecular formula is C17H17N5O2S. The maximum Gasteiger partial charge on any atom is 0.272 e. The molecule has 0 aliphatic heterocycles. The second-order valence-electron chi connectivity index (χ2n) is 5.75. The van der Waals surface area contributed by atoms with Crippen LogP contribution in [-0.2, 0) is 5.75 Å². The van der Waals surface area contributed by atoms with Crippen LogP contribution in [0.25, 0.3) is 5.69 Å². The molecule has 3 rings (SSSR count). The quantitative estimate of drug-likeness (QED) is 0.393. The van der Waals surface area contributed by atoms with Crippen LogP contribution in [0.15, 0.2) is 41.6 Å². The van der Waals surface area contributed by atoms with Gasteiger partial charge in [0.05, 0.1) is 10.6 Å². The monoisotopic (exact) mass is 355 g/mol. The maximum atomic E-state index is 11.1. The summed E-state index contributed by atoms with van der Waals surface area (Å²) in [6.45, 7) is 5.86. The molecule has 0 unspecified atom stereocenters. The molecular weight excluding hydrogens is 338 g/mol. The van der Waals surface area contributed by atoms with E-state index in [0.717, 1.165) is 11.3 Å². The largest absolute Gasteiger partial charge is 0.272 e. The Labute approximate surface area is 149 Å². The van der Waals surface area contributed by atoms with Crippen molar-refractivity contribution in [3.63, 3.8) is 0 Å². The van der Waals surface area contributed by atoms with Crippen LogP contribution in [0.5, 0.6) is 0 Å². The van der Waals surface area contributed by atoms with Gasteiger partial charge < -0.3 is 0 Å². The number of aryl methyl sites for hydroxylation is 2. The van der Waals surface area contributed by atoms with Gasteiger partial charge in [0.15, 0.2) is 0 Å². The molecule has 128 valence electrons. The zero-order valence-corrected chi connectivity index (χ0v) is 14.9. The molecule has 0 aliphatic carbocycles. The van der Waals surface area contributed by atoms with Crippen molar-refractivity contribution in [1.29, 1.82) is 0 Å². The highest BCUT2D eigenvalue weighted by atomic mass is 32.2. The highest BCUT2D eigenvalue weighted by molar-refractivity contribution is 7.98. The molecule has 25 heavy (non-hydrogen) atoms. The number of nitro benzene ring substituents is 1.